The monoisotopic (exact) mass is 283 g/mol. The van der Waals surface area contributed by atoms with Gasteiger partial charge in [0.05, 0.1) is 21.5 Å². The second-order valence-electron chi connectivity index (χ2n) is 4.34. The highest BCUT2D eigenvalue weighted by molar-refractivity contribution is 5.85. The van der Waals surface area contributed by atoms with E-state index >= 15 is 0 Å². The molecule has 8 nitrogen and oxygen atoms in total. The first-order valence-electron chi connectivity index (χ1n) is 5.76. The maximum Gasteiger partial charge on any atom is 0.328 e. The molecule has 0 N–H and O–H groups in total. The summed E-state index contributed by atoms with van der Waals surface area (Å²) < 4.78 is 2.64. The van der Waals surface area contributed by atoms with Crippen molar-refractivity contribution in [3.63, 3.8) is 0 Å². The maximum atomic E-state index is 11.9. The van der Waals surface area contributed by atoms with Gasteiger partial charge in [0.15, 0.2) is 0 Å². The Kier molecular flexibility index (Phi) is 3.30. The van der Waals surface area contributed by atoms with Gasteiger partial charge in [-0.1, -0.05) is 0 Å². The van der Waals surface area contributed by atoms with Crippen LogP contribution in [0.25, 0.3) is 17.1 Å². The van der Waals surface area contributed by atoms with Crippen molar-refractivity contribution in [2.45, 2.75) is 0 Å². The van der Waals surface area contributed by atoms with E-state index in [1.54, 1.807) is 19.2 Å². The maximum absolute atomic E-state index is 11.9. The molecule has 0 aliphatic heterocycles. The van der Waals surface area contributed by atoms with Crippen LogP contribution in [0.4, 0.5) is 5.69 Å². The third kappa shape index (κ3) is 2.15. The Bertz CT molecular complexity index is 918. The molecule has 2 rings (SSSR count). The first kappa shape index (κ1) is 14.0. The van der Waals surface area contributed by atoms with Crippen LogP contribution in [0.2, 0.25) is 0 Å². The number of nitriles is 2. The van der Waals surface area contributed by atoms with Gasteiger partial charge >= 0.3 is 5.69 Å². The van der Waals surface area contributed by atoms with E-state index in [-0.39, 0.29) is 22.5 Å². The number of hydrogen-bond acceptors (Lipinski definition) is 5. The summed E-state index contributed by atoms with van der Waals surface area (Å²) in [6.45, 7) is 0. The van der Waals surface area contributed by atoms with Crippen LogP contribution in [0.15, 0.2) is 22.5 Å². The molecule has 0 fully saturated rings. The van der Waals surface area contributed by atoms with E-state index in [2.05, 4.69) is 0 Å². The van der Waals surface area contributed by atoms with Crippen LogP contribution in [0.1, 0.15) is 5.56 Å². The van der Waals surface area contributed by atoms with Crippen molar-refractivity contribution in [2.24, 2.45) is 14.1 Å². The minimum Gasteiger partial charge on any atom is -0.295 e. The lowest BCUT2D eigenvalue weighted by Crippen LogP contribution is -2.19. The Morgan fingerprint density at radius 2 is 1.76 bits per heavy atom. The van der Waals surface area contributed by atoms with E-state index in [0.717, 1.165) is 6.08 Å². The number of nitro groups is 1. The summed E-state index contributed by atoms with van der Waals surface area (Å²) in [7, 11) is 3.05. The Morgan fingerprint density at radius 1 is 1.24 bits per heavy atom. The van der Waals surface area contributed by atoms with Crippen molar-refractivity contribution in [3.05, 3.63) is 43.9 Å². The molecule has 0 unspecified atom stereocenters. The molecule has 0 bridgehead atoms. The van der Waals surface area contributed by atoms with Gasteiger partial charge in [-0.15, -0.1) is 0 Å². The molecule has 1 aromatic carbocycles. The predicted octanol–water partition coefficient (Wildman–Crippen LogP) is 1.22. The molecule has 21 heavy (non-hydrogen) atoms. The predicted molar refractivity (Wildman–Crippen MR) is 74.0 cm³/mol. The molecule has 1 aromatic heterocycles. The quantitative estimate of drug-likeness (QED) is 0.466. The van der Waals surface area contributed by atoms with Gasteiger partial charge in [-0.2, -0.15) is 10.5 Å². The molecule has 0 spiro atoms. The van der Waals surface area contributed by atoms with Crippen molar-refractivity contribution >= 4 is 22.8 Å². The van der Waals surface area contributed by atoms with Crippen molar-refractivity contribution in [3.8, 4) is 12.1 Å². The first-order chi connectivity index (χ1) is 9.90. The molecule has 8 heteroatoms. The lowest BCUT2D eigenvalue weighted by atomic mass is 10.1. The van der Waals surface area contributed by atoms with Crippen LogP contribution in [0.3, 0.4) is 0 Å². The van der Waals surface area contributed by atoms with E-state index in [1.807, 2.05) is 0 Å². The summed E-state index contributed by atoms with van der Waals surface area (Å²) >= 11 is 0. The topological polar surface area (TPSA) is 118 Å². The first-order valence-corrected chi connectivity index (χ1v) is 5.76. The molecule has 0 aliphatic rings. The van der Waals surface area contributed by atoms with Crippen LogP contribution < -0.4 is 5.69 Å². The summed E-state index contributed by atoms with van der Waals surface area (Å²) in [6, 6.07) is 5.98. The van der Waals surface area contributed by atoms with E-state index < -0.39 is 4.92 Å². The molecule has 0 amide bonds. The highest BCUT2D eigenvalue weighted by atomic mass is 16.6. The van der Waals surface area contributed by atoms with E-state index in [0.29, 0.717) is 11.0 Å². The summed E-state index contributed by atoms with van der Waals surface area (Å²) in [6.07, 6.45) is 1.13. The smallest absolute Gasteiger partial charge is 0.295 e. The van der Waals surface area contributed by atoms with Gasteiger partial charge in [0, 0.05) is 20.2 Å². The minimum atomic E-state index is -0.616. The lowest BCUT2D eigenvalue weighted by molar-refractivity contribution is -0.385. The molecule has 0 atom stereocenters. The van der Waals surface area contributed by atoms with Gasteiger partial charge in [0.25, 0.3) is 5.69 Å². The van der Waals surface area contributed by atoms with Crippen molar-refractivity contribution in [1.82, 2.24) is 9.13 Å². The standard InChI is InChI=1S/C13H9N5O3/c1-16-11-4-9(3-8(6-14)7-15)10(18(20)21)5-12(11)17(2)13(16)19/h3-5H,1-2H3. The van der Waals surface area contributed by atoms with Crippen LogP contribution >= 0.6 is 0 Å². The van der Waals surface area contributed by atoms with E-state index in [9.17, 15) is 14.9 Å². The lowest BCUT2D eigenvalue weighted by Gasteiger charge is -2.00. The van der Waals surface area contributed by atoms with Crippen LogP contribution in [0.5, 0.6) is 0 Å². The molecule has 104 valence electrons. The number of nitro benzene ring substituents is 1. The second kappa shape index (κ2) is 4.94. The number of aryl methyl sites for hydroxylation is 2. The largest absolute Gasteiger partial charge is 0.328 e. The number of fused-ring (bicyclic) bond motifs is 1. The normalized spacial score (nSPS) is 9.90. The summed E-state index contributed by atoms with van der Waals surface area (Å²) in [4.78, 5) is 22.4. The number of allylic oxidation sites excluding steroid dienone is 1. The summed E-state index contributed by atoms with van der Waals surface area (Å²) in [5, 5.41) is 28.7. The number of hydrogen-bond donors (Lipinski definition) is 0. The molecule has 1 heterocycles. The number of imidazole rings is 1. The van der Waals surface area contributed by atoms with Gasteiger partial charge in [-0.3, -0.25) is 19.2 Å². The molecular weight excluding hydrogens is 274 g/mol. The number of aromatic nitrogens is 2. The SMILES string of the molecule is Cn1c(=O)n(C)c2cc([N+](=O)[O-])c(C=C(C#N)C#N)cc21. The molecule has 2 aromatic rings. The Labute approximate surface area is 118 Å². The van der Waals surface area contributed by atoms with Gasteiger partial charge in [0.1, 0.15) is 17.7 Å². The molecule has 0 saturated heterocycles. The molecule has 0 aliphatic carbocycles. The zero-order chi connectivity index (χ0) is 15.7. The van der Waals surface area contributed by atoms with E-state index in [4.69, 9.17) is 10.5 Å². The zero-order valence-corrected chi connectivity index (χ0v) is 11.2. The van der Waals surface area contributed by atoms with Crippen LogP contribution in [-0.2, 0) is 14.1 Å². The average molecular weight is 283 g/mol. The van der Waals surface area contributed by atoms with Gasteiger partial charge in [0.2, 0.25) is 0 Å². The molecule has 0 saturated carbocycles. The van der Waals surface area contributed by atoms with Crippen LogP contribution in [0, 0.1) is 32.8 Å². The fourth-order valence-corrected chi connectivity index (χ4v) is 2.07. The third-order valence-electron chi connectivity index (χ3n) is 3.16. The van der Waals surface area contributed by atoms with Crippen molar-refractivity contribution < 1.29 is 4.92 Å². The Hall–Kier alpha value is -3.39. The summed E-state index contributed by atoms with van der Waals surface area (Å²) in [5.41, 5.74) is 0.148. The minimum absolute atomic E-state index is 0.104. The Morgan fingerprint density at radius 3 is 2.24 bits per heavy atom. The highest BCUT2D eigenvalue weighted by Gasteiger charge is 2.18. The zero-order valence-electron chi connectivity index (χ0n) is 11.2. The highest BCUT2D eigenvalue weighted by Crippen LogP contribution is 2.27. The molecular formula is C13H9N5O3. The molecule has 0 radical (unpaired) electrons. The number of nitrogens with zero attached hydrogens (tertiary/aromatic N) is 5. The Balaban J connectivity index is 2.92. The van der Waals surface area contributed by atoms with Crippen LogP contribution in [-0.4, -0.2) is 14.1 Å². The van der Waals surface area contributed by atoms with Gasteiger partial charge in [-0.25, -0.2) is 4.79 Å². The van der Waals surface area contributed by atoms with Gasteiger partial charge < -0.3 is 0 Å². The second-order valence-corrected chi connectivity index (χ2v) is 4.34. The summed E-state index contributed by atoms with van der Waals surface area (Å²) in [5.74, 6) is 0. The fraction of sp³-hybridized carbons (Fsp3) is 0.154. The van der Waals surface area contributed by atoms with E-state index in [1.165, 1.54) is 28.3 Å². The van der Waals surface area contributed by atoms with Gasteiger partial charge in [-0.05, 0) is 12.1 Å². The number of rotatable bonds is 2. The number of benzene rings is 1. The van der Waals surface area contributed by atoms with Crippen molar-refractivity contribution in [2.75, 3.05) is 0 Å². The van der Waals surface area contributed by atoms with Crippen molar-refractivity contribution in [1.29, 1.82) is 10.5 Å². The fourth-order valence-electron chi connectivity index (χ4n) is 2.07. The third-order valence-corrected chi connectivity index (χ3v) is 3.16. The average Bonchev–Trinajstić information content (AvgIpc) is 2.68.